The fraction of sp³-hybridized carbons (Fsp3) is 0.464. The van der Waals surface area contributed by atoms with Crippen molar-refractivity contribution in [3.63, 3.8) is 0 Å². The minimum atomic E-state index is -3.48. The van der Waals surface area contributed by atoms with Crippen molar-refractivity contribution < 1.29 is 13.2 Å². The number of aromatic nitrogens is 1. The lowest BCUT2D eigenvalue weighted by molar-refractivity contribution is 0.167. The first-order valence-electron chi connectivity index (χ1n) is 12.6. The number of hydrogen-bond acceptors (Lipinski definition) is 6. The van der Waals surface area contributed by atoms with E-state index in [4.69, 9.17) is 16.3 Å². The molecule has 0 radical (unpaired) electrons. The Morgan fingerprint density at radius 1 is 1.08 bits per heavy atom. The second-order valence-electron chi connectivity index (χ2n) is 9.66. The second-order valence-corrected chi connectivity index (χ2v) is 12.0. The molecule has 6 nitrogen and oxygen atoms in total. The van der Waals surface area contributed by atoms with Crippen molar-refractivity contribution in [3.05, 3.63) is 47.1 Å². The molecule has 1 N–H and O–H groups in total. The average molecular weight is 530 g/mol. The maximum Gasteiger partial charge on any atom is 0.179 e. The first kappa shape index (κ1) is 26.7. The Kier molecular flexibility index (Phi) is 8.12. The summed E-state index contributed by atoms with van der Waals surface area (Å²) in [6, 6.07) is 10.6. The fourth-order valence-corrected chi connectivity index (χ4v) is 6.34. The van der Waals surface area contributed by atoms with Gasteiger partial charge in [-0.05, 0) is 81.1 Å². The van der Waals surface area contributed by atoms with Crippen molar-refractivity contribution in [2.75, 3.05) is 31.8 Å². The third-order valence-electron chi connectivity index (χ3n) is 7.46. The van der Waals surface area contributed by atoms with Gasteiger partial charge in [0.25, 0.3) is 0 Å². The van der Waals surface area contributed by atoms with E-state index in [9.17, 15) is 8.42 Å². The van der Waals surface area contributed by atoms with Crippen LogP contribution in [-0.4, -0.2) is 56.8 Å². The van der Waals surface area contributed by atoms with E-state index < -0.39 is 9.84 Å². The van der Waals surface area contributed by atoms with Crippen LogP contribution in [0.5, 0.6) is 5.75 Å². The Labute approximate surface area is 219 Å². The van der Waals surface area contributed by atoms with Gasteiger partial charge >= 0.3 is 0 Å². The van der Waals surface area contributed by atoms with Gasteiger partial charge in [0.05, 0.1) is 18.3 Å². The van der Waals surface area contributed by atoms with Crippen LogP contribution in [0.2, 0.25) is 5.02 Å². The lowest BCUT2D eigenvalue weighted by Gasteiger charge is -2.36. The third-order valence-corrected chi connectivity index (χ3v) is 8.96. The van der Waals surface area contributed by atoms with Crippen molar-refractivity contribution in [2.24, 2.45) is 0 Å². The number of ether oxygens (including phenoxy) is 1. The molecule has 2 aromatic carbocycles. The molecule has 0 bridgehead atoms. The predicted molar refractivity (Wildman–Crippen MR) is 149 cm³/mol. The van der Waals surface area contributed by atoms with Gasteiger partial charge in [-0.3, -0.25) is 4.98 Å². The molecule has 0 aliphatic heterocycles. The molecule has 3 aromatic rings. The number of nitrogens with zero attached hydrogens (tertiary/aromatic N) is 2. The van der Waals surface area contributed by atoms with Gasteiger partial charge in [0.2, 0.25) is 0 Å². The van der Waals surface area contributed by atoms with Crippen LogP contribution < -0.4 is 10.1 Å². The first-order chi connectivity index (χ1) is 17.2. The Morgan fingerprint density at radius 3 is 2.39 bits per heavy atom. The highest BCUT2D eigenvalue weighted by Crippen LogP contribution is 2.37. The zero-order valence-corrected chi connectivity index (χ0v) is 23.3. The summed E-state index contributed by atoms with van der Waals surface area (Å²) < 4.78 is 31.0. The van der Waals surface area contributed by atoms with Crippen LogP contribution in [0, 0.1) is 6.92 Å². The average Bonchev–Trinajstić information content (AvgIpc) is 2.86. The molecule has 0 atom stereocenters. The number of hydrogen-bond donors (Lipinski definition) is 1. The quantitative estimate of drug-likeness (QED) is 0.367. The van der Waals surface area contributed by atoms with E-state index in [1.54, 1.807) is 7.11 Å². The molecule has 0 unspecified atom stereocenters. The Balaban J connectivity index is 1.75. The zero-order valence-electron chi connectivity index (χ0n) is 21.8. The van der Waals surface area contributed by atoms with E-state index >= 15 is 0 Å². The molecular formula is C28H36ClN3O3S. The van der Waals surface area contributed by atoms with Crippen LogP contribution in [-0.2, 0) is 9.84 Å². The number of anilines is 1. The summed E-state index contributed by atoms with van der Waals surface area (Å²) in [4.78, 5) is 7.24. The molecule has 1 aromatic heterocycles. The highest BCUT2D eigenvalue weighted by atomic mass is 35.5. The molecule has 4 rings (SSSR count). The lowest BCUT2D eigenvalue weighted by Crippen LogP contribution is -2.40. The summed E-state index contributed by atoms with van der Waals surface area (Å²) in [6.07, 6.45) is 6.92. The molecule has 0 amide bonds. The van der Waals surface area contributed by atoms with Gasteiger partial charge < -0.3 is 15.0 Å². The normalized spacial score (nSPS) is 18.5. The Bertz CT molecular complexity index is 1350. The molecule has 36 heavy (non-hydrogen) atoms. The van der Waals surface area contributed by atoms with E-state index in [2.05, 4.69) is 29.0 Å². The number of sulfone groups is 1. The summed E-state index contributed by atoms with van der Waals surface area (Å²) in [5.74, 6) is 0.712. The van der Waals surface area contributed by atoms with Crippen molar-refractivity contribution >= 4 is 38.0 Å². The number of halogens is 1. The molecule has 1 aliphatic rings. The van der Waals surface area contributed by atoms with Crippen LogP contribution in [0.3, 0.4) is 0 Å². The molecule has 0 spiro atoms. The summed E-state index contributed by atoms with van der Waals surface area (Å²) in [6.45, 7) is 8.46. The highest BCUT2D eigenvalue weighted by Gasteiger charge is 2.27. The van der Waals surface area contributed by atoms with E-state index in [0.717, 1.165) is 66.4 Å². The van der Waals surface area contributed by atoms with Crippen molar-refractivity contribution in [3.8, 4) is 16.9 Å². The van der Waals surface area contributed by atoms with Gasteiger partial charge in [-0.1, -0.05) is 31.5 Å². The SMILES string of the molecule is CCN(CC)C1CCC(Nc2c(S(C)(=O)=O)cnc3ccc(-c4cc(Cl)c(C)c(OC)c4)cc23)CC1. The standard InChI is InChI=1S/C28H36ClN3O3S/c1-6-32(7-2)22-11-9-21(10-12-22)31-28-23-14-19(20-15-24(29)18(3)26(16-20)35-4)8-13-25(23)30-17-27(28)36(5,33)34/h8,13-17,21-22H,6-7,9-12H2,1-5H3,(H,30,31). The smallest absolute Gasteiger partial charge is 0.179 e. The number of nitrogens with one attached hydrogen (secondary N) is 1. The number of fused-ring (bicyclic) bond motifs is 1. The minimum absolute atomic E-state index is 0.209. The molecule has 8 heteroatoms. The Hall–Kier alpha value is -2.35. The second kappa shape index (κ2) is 11.0. The predicted octanol–water partition coefficient (Wildman–Crippen LogP) is 6.34. The minimum Gasteiger partial charge on any atom is -0.496 e. The van der Waals surface area contributed by atoms with Crippen LogP contribution >= 0.6 is 11.6 Å². The van der Waals surface area contributed by atoms with E-state index in [0.29, 0.717) is 22.5 Å². The fourth-order valence-electron chi connectivity index (χ4n) is 5.35. The summed E-state index contributed by atoms with van der Waals surface area (Å²) >= 11 is 6.48. The number of methoxy groups -OCH3 is 1. The van der Waals surface area contributed by atoms with Gasteiger partial charge in [-0.25, -0.2) is 8.42 Å². The number of benzene rings is 2. The molecule has 1 saturated carbocycles. The van der Waals surface area contributed by atoms with E-state index in [1.807, 2.05) is 37.3 Å². The zero-order chi connectivity index (χ0) is 26.0. The number of rotatable bonds is 8. The molecule has 1 fully saturated rings. The molecule has 1 aliphatic carbocycles. The van der Waals surface area contributed by atoms with Crippen molar-refractivity contribution in [1.82, 2.24) is 9.88 Å². The van der Waals surface area contributed by atoms with Gasteiger partial charge in [0, 0.05) is 40.5 Å². The van der Waals surface area contributed by atoms with Gasteiger partial charge in [-0.15, -0.1) is 0 Å². The number of pyridine rings is 1. The summed E-state index contributed by atoms with van der Waals surface area (Å²) in [7, 11) is -1.86. The summed E-state index contributed by atoms with van der Waals surface area (Å²) in [5, 5.41) is 5.04. The van der Waals surface area contributed by atoms with Crippen LogP contribution in [0.25, 0.3) is 22.0 Å². The van der Waals surface area contributed by atoms with Gasteiger partial charge in [0.1, 0.15) is 10.6 Å². The van der Waals surface area contributed by atoms with Gasteiger partial charge in [-0.2, -0.15) is 0 Å². The summed E-state index contributed by atoms with van der Waals surface area (Å²) in [5.41, 5.74) is 4.09. The molecule has 194 valence electrons. The first-order valence-corrected chi connectivity index (χ1v) is 14.9. The lowest BCUT2D eigenvalue weighted by atomic mass is 9.89. The van der Waals surface area contributed by atoms with Crippen LogP contribution in [0.1, 0.15) is 45.1 Å². The largest absolute Gasteiger partial charge is 0.496 e. The molecule has 0 saturated heterocycles. The van der Waals surface area contributed by atoms with Crippen LogP contribution in [0.4, 0.5) is 5.69 Å². The highest BCUT2D eigenvalue weighted by molar-refractivity contribution is 7.90. The van der Waals surface area contributed by atoms with Crippen molar-refractivity contribution in [2.45, 2.75) is 63.4 Å². The van der Waals surface area contributed by atoms with E-state index in [-0.39, 0.29) is 10.9 Å². The van der Waals surface area contributed by atoms with E-state index in [1.165, 1.54) is 12.5 Å². The van der Waals surface area contributed by atoms with Crippen LogP contribution in [0.15, 0.2) is 41.4 Å². The maximum atomic E-state index is 12.8. The maximum absolute atomic E-state index is 12.8. The van der Waals surface area contributed by atoms with Gasteiger partial charge in [0.15, 0.2) is 9.84 Å². The Morgan fingerprint density at radius 2 is 1.78 bits per heavy atom. The monoisotopic (exact) mass is 529 g/mol. The topological polar surface area (TPSA) is 71.5 Å². The molecular weight excluding hydrogens is 494 g/mol. The molecule has 1 heterocycles. The third kappa shape index (κ3) is 5.48. The van der Waals surface area contributed by atoms with Crippen molar-refractivity contribution in [1.29, 1.82) is 0 Å².